The summed E-state index contributed by atoms with van der Waals surface area (Å²) in [5.41, 5.74) is 1.18. The van der Waals surface area contributed by atoms with Gasteiger partial charge in [0.15, 0.2) is 0 Å². The van der Waals surface area contributed by atoms with Crippen molar-refractivity contribution in [3.63, 3.8) is 0 Å². The maximum Gasteiger partial charge on any atom is 0.224 e. The molecule has 0 aromatic heterocycles. The first-order valence-electron chi connectivity index (χ1n) is 10.9. The molecule has 6 nitrogen and oxygen atoms in total. The largest absolute Gasteiger partial charge is 0.346 e. The lowest BCUT2D eigenvalue weighted by molar-refractivity contribution is -0.130. The molecule has 6 heteroatoms. The lowest BCUT2D eigenvalue weighted by Crippen LogP contribution is -2.32. The normalized spacial score (nSPS) is 21.0. The van der Waals surface area contributed by atoms with Gasteiger partial charge in [-0.3, -0.25) is 14.4 Å². The van der Waals surface area contributed by atoms with Gasteiger partial charge in [0.2, 0.25) is 11.8 Å². The highest BCUT2D eigenvalue weighted by Gasteiger charge is 2.35. The van der Waals surface area contributed by atoms with Crippen molar-refractivity contribution in [3.8, 4) is 0 Å². The van der Waals surface area contributed by atoms with Crippen LogP contribution in [0.4, 0.5) is 5.69 Å². The quantitative estimate of drug-likeness (QED) is 0.485. The molecule has 0 spiro atoms. The SMILES string of the molecule is CN(CCCCC(=O)Nc1cccc(C=O)c1)C(=O)CCN1CC2CCCC2C1. The van der Waals surface area contributed by atoms with Gasteiger partial charge in [-0.05, 0) is 49.7 Å². The van der Waals surface area contributed by atoms with Gasteiger partial charge in [-0.1, -0.05) is 18.6 Å². The van der Waals surface area contributed by atoms with Crippen molar-refractivity contribution >= 4 is 23.8 Å². The summed E-state index contributed by atoms with van der Waals surface area (Å²) >= 11 is 0. The summed E-state index contributed by atoms with van der Waals surface area (Å²) in [5, 5.41) is 2.81. The molecule has 3 rings (SSSR count). The Kier molecular flexibility index (Phi) is 7.81. The molecule has 0 bridgehead atoms. The van der Waals surface area contributed by atoms with Crippen molar-refractivity contribution in [2.45, 2.75) is 44.9 Å². The number of carbonyl (C=O) groups is 3. The molecule has 0 radical (unpaired) electrons. The Morgan fingerprint density at radius 2 is 1.93 bits per heavy atom. The van der Waals surface area contributed by atoms with E-state index in [1.165, 1.54) is 32.4 Å². The number of amides is 2. The average Bonchev–Trinajstić information content (AvgIpc) is 3.31. The Labute approximate surface area is 173 Å². The molecule has 1 saturated heterocycles. The van der Waals surface area contributed by atoms with Crippen LogP contribution in [0.2, 0.25) is 0 Å². The summed E-state index contributed by atoms with van der Waals surface area (Å²) in [6.07, 6.45) is 7.40. The number of anilines is 1. The van der Waals surface area contributed by atoms with Crippen LogP contribution in [0.1, 0.15) is 55.3 Å². The van der Waals surface area contributed by atoms with Gasteiger partial charge >= 0.3 is 0 Å². The highest BCUT2D eigenvalue weighted by Crippen LogP contribution is 2.37. The molecule has 29 heavy (non-hydrogen) atoms. The van der Waals surface area contributed by atoms with Crippen LogP contribution in [0.25, 0.3) is 0 Å². The third-order valence-electron chi connectivity index (χ3n) is 6.32. The molecule has 2 fully saturated rings. The minimum absolute atomic E-state index is 0.0680. The Hall–Kier alpha value is -2.21. The number of hydrogen-bond donors (Lipinski definition) is 1. The van der Waals surface area contributed by atoms with Gasteiger partial charge in [0.1, 0.15) is 6.29 Å². The minimum Gasteiger partial charge on any atom is -0.346 e. The number of aldehydes is 1. The van der Waals surface area contributed by atoms with Gasteiger partial charge in [0.25, 0.3) is 0 Å². The zero-order valence-corrected chi connectivity index (χ0v) is 17.4. The predicted octanol–water partition coefficient (Wildman–Crippen LogP) is 3.19. The van der Waals surface area contributed by atoms with E-state index in [2.05, 4.69) is 10.2 Å². The van der Waals surface area contributed by atoms with Crippen LogP contribution in [0.3, 0.4) is 0 Å². The second-order valence-electron chi connectivity index (χ2n) is 8.52. The molecule has 1 aliphatic carbocycles. The lowest BCUT2D eigenvalue weighted by atomic mass is 10.0. The van der Waals surface area contributed by atoms with Crippen molar-refractivity contribution in [2.75, 3.05) is 38.5 Å². The van der Waals surface area contributed by atoms with E-state index in [1.54, 1.807) is 29.2 Å². The summed E-state index contributed by atoms with van der Waals surface area (Å²) in [4.78, 5) is 39.5. The average molecular weight is 400 g/mol. The summed E-state index contributed by atoms with van der Waals surface area (Å²) in [6.45, 7) is 3.90. The maximum absolute atomic E-state index is 12.4. The number of hydrogen-bond acceptors (Lipinski definition) is 4. The molecule has 1 heterocycles. The topological polar surface area (TPSA) is 69.7 Å². The van der Waals surface area contributed by atoms with E-state index in [0.717, 1.165) is 37.5 Å². The first kappa shape index (κ1) is 21.5. The number of rotatable bonds is 10. The summed E-state index contributed by atoms with van der Waals surface area (Å²) in [6, 6.07) is 6.87. The third-order valence-corrected chi connectivity index (χ3v) is 6.32. The Balaban J connectivity index is 1.27. The molecule has 1 saturated carbocycles. The number of benzene rings is 1. The van der Waals surface area contributed by atoms with Gasteiger partial charge in [0.05, 0.1) is 0 Å². The van der Waals surface area contributed by atoms with E-state index in [-0.39, 0.29) is 11.8 Å². The zero-order chi connectivity index (χ0) is 20.6. The summed E-state index contributed by atoms with van der Waals surface area (Å²) in [7, 11) is 1.85. The van der Waals surface area contributed by atoms with Gasteiger partial charge in [-0.15, -0.1) is 0 Å². The second-order valence-corrected chi connectivity index (χ2v) is 8.52. The van der Waals surface area contributed by atoms with Crippen molar-refractivity contribution in [1.82, 2.24) is 9.80 Å². The van der Waals surface area contributed by atoms with Crippen LogP contribution in [0, 0.1) is 11.8 Å². The highest BCUT2D eigenvalue weighted by atomic mass is 16.2. The summed E-state index contributed by atoms with van der Waals surface area (Å²) < 4.78 is 0. The molecule has 1 aromatic rings. The van der Waals surface area contributed by atoms with Crippen LogP contribution in [-0.2, 0) is 9.59 Å². The van der Waals surface area contributed by atoms with Crippen LogP contribution in [0.15, 0.2) is 24.3 Å². The van der Waals surface area contributed by atoms with E-state index in [1.807, 2.05) is 7.05 Å². The Morgan fingerprint density at radius 1 is 1.17 bits per heavy atom. The number of likely N-dealkylation sites (tertiary alicyclic amines) is 1. The fourth-order valence-electron chi connectivity index (χ4n) is 4.63. The van der Waals surface area contributed by atoms with E-state index in [4.69, 9.17) is 0 Å². The molecular formula is C23H33N3O3. The van der Waals surface area contributed by atoms with Gasteiger partial charge in [-0.2, -0.15) is 0 Å². The van der Waals surface area contributed by atoms with Gasteiger partial charge < -0.3 is 15.1 Å². The second kappa shape index (κ2) is 10.5. The first-order chi connectivity index (χ1) is 14.0. The van der Waals surface area contributed by atoms with E-state index in [9.17, 15) is 14.4 Å². The monoisotopic (exact) mass is 399 g/mol. The van der Waals surface area contributed by atoms with Crippen molar-refractivity contribution < 1.29 is 14.4 Å². The maximum atomic E-state index is 12.4. The number of nitrogens with one attached hydrogen (secondary N) is 1. The van der Waals surface area contributed by atoms with E-state index >= 15 is 0 Å². The van der Waals surface area contributed by atoms with E-state index in [0.29, 0.717) is 30.6 Å². The van der Waals surface area contributed by atoms with E-state index < -0.39 is 0 Å². The molecule has 2 unspecified atom stereocenters. The van der Waals surface area contributed by atoms with Crippen LogP contribution < -0.4 is 5.32 Å². The Morgan fingerprint density at radius 3 is 2.66 bits per heavy atom. The minimum atomic E-state index is -0.0680. The molecule has 1 N–H and O–H groups in total. The highest BCUT2D eigenvalue weighted by molar-refractivity contribution is 5.91. The fourth-order valence-corrected chi connectivity index (χ4v) is 4.63. The molecule has 1 aromatic carbocycles. The molecule has 158 valence electrons. The zero-order valence-electron chi connectivity index (χ0n) is 17.4. The summed E-state index contributed by atoms with van der Waals surface area (Å²) in [5.74, 6) is 1.86. The Bertz CT molecular complexity index is 709. The number of fused-ring (bicyclic) bond motifs is 1. The van der Waals surface area contributed by atoms with Crippen LogP contribution >= 0.6 is 0 Å². The molecule has 2 atom stereocenters. The van der Waals surface area contributed by atoms with Gasteiger partial charge in [-0.25, -0.2) is 0 Å². The van der Waals surface area contributed by atoms with Crippen molar-refractivity contribution in [3.05, 3.63) is 29.8 Å². The molecule has 2 aliphatic rings. The van der Waals surface area contributed by atoms with Crippen LogP contribution in [-0.4, -0.2) is 61.1 Å². The number of unbranched alkanes of at least 4 members (excludes halogenated alkanes) is 1. The smallest absolute Gasteiger partial charge is 0.224 e. The molecular weight excluding hydrogens is 366 g/mol. The van der Waals surface area contributed by atoms with Crippen molar-refractivity contribution in [1.29, 1.82) is 0 Å². The third kappa shape index (κ3) is 6.39. The van der Waals surface area contributed by atoms with Crippen molar-refractivity contribution in [2.24, 2.45) is 11.8 Å². The predicted molar refractivity (Wildman–Crippen MR) is 114 cm³/mol. The lowest BCUT2D eigenvalue weighted by Gasteiger charge is -2.20. The molecule has 1 aliphatic heterocycles. The fraction of sp³-hybridized carbons (Fsp3) is 0.609. The van der Waals surface area contributed by atoms with Gasteiger partial charge in [0, 0.05) is 57.3 Å². The molecule has 2 amide bonds. The number of nitrogens with zero attached hydrogens (tertiary/aromatic N) is 2. The first-order valence-corrected chi connectivity index (χ1v) is 10.9. The van der Waals surface area contributed by atoms with Crippen LogP contribution in [0.5, 0.6) is 0 Å². The standard InChI is InChI=1S/C23H33N3O3/c1-25(23(29)11-13-26-15-19-7-5-8-20(19)16-26)12-3-2-10-22(28)24-21-9-4-6-18(14-21)17-27/h4,6,9,14,17,19-20H,2-3,5,7-8,10-13,15-16H2,1H3,(H,24,28). The number of carbonyl (C=O) groups excluding carboxylic acids is 3.